The molecule has 0 unspecified atom stereocenters. The van der Waals surface area contributed by atoms with Crippen molar-refractivity contribution in [3.05, 3.63) is 176 Å². The van der Waals surface area contributed by atoms with Gasteiger partial charge in [0.2, 0.25) is 5.91 Å². The van der Waals surface area contributed by atoms with Crippen molar-refractivity contribution in [1.82, 2.24) is 9.97 Å². The topological polar surface area (TPSA) is 113 Å². The third kappa shape index (κ3) is 11.2. The van der Waals surface area contributed by atoms with E-state index in [1.807, 2.05) is 111 Å². The molecule has 2 aromatic heterocycles. The van der Waals surface area contributed by atoms with Crippen molar-refractivity contribution in [2.45, 2.75) is 59.6 Å². The van der Waals surface area contributed by atoms with Crippen molar-refractivity contribution in [3.63, 3.8) is 0 Å². The number of pyridine rings is 1. The van der Waals surface area contributed by atoms with Gasteiger partial charge >= 0.3 is 0 Å². The lowest BCUT2D eigenvalue weighted by atomic mass is 10.0. The molecule has 0 fully saturated rings. The molecule has 0 aliphatic rings. The monoisotopic (exact) mass is 773 g/mol. The zero-order chi connectivity index (χ0) is 39.5. The van der Waals surface area contributed by atoms with Gasteiger partial charge in [-0.2, -0.15) is 0 Å². The Morgan fingerprint density at radius 2 is 1.25 bits per heavy atom. The normalized spacial score (nSPS) is 11.9. The molecular formula is C45H48ClN5O3S. The molecule has 0 aliphatic carbocycles. The fraction of sp³-hybridized carbons (Fsp3) is 0.244. The summed E-state index contributed by atoms with van der Waals surface area (Å²) in [6, 6.07) is 33.4. The van der Waals surface area contributed by atoms with Gasteiger partial charge in [-0.1, -0.05) is 84.4 Å². The van der Waals surface area contributed by atoms with Crippen LogP contribution in [0.2, 0.25) is 5.02 Å². The van der Waals surface area contributed by atoms with Crippen molar-refractivity contribution in [2.75, 3.05) is 22.9 Å². The molecule has 0 saturated heterocycles. The summed E-state index contributed by atoms with van der Waals surface area (Å²) in [5.41, 5.74) is 15.8. The quantitative estimate of drug-likeness (QED) is 0.128. The fourth-order valence-corrected chi connectivity index (χ4v) is 6.80. The van der Waals surface area contributed by atoms with Crippen molar-refractivity contribution in [2.24, 2.45) is 5.73 Å². The molecular weight excluding hydrogens is 726 g/mol. The highest BCUT2D eigenvalue weighted by atomic mass is 35.5. The number of nitrogens with two attached hydrogens (primary N) is 1. The van der Waals surface area contributed by atoms with Crippen molar-refractivity contribution < 1.29 is 14.7 Å². The zero-order valence-corrected chi connectivity index (χ0v) is 33.5. The number of rotatable bonds is 12. The summed E-state index contributed by atoms with van der Waals surface area (Å²) in [5.74, 6) is -0.457. The van der Waals surface area contributed by atoms with E-state index in [-0.39, 0.29) is 11.8 Å². The Labute approximate surface area is 333 Å². The molecule has 4 aromatic carbocycles. The minimum Gasteiger partial charge on any atom is -0.378 e. The number of aromatic nitrogens is 2. The number of hydrogen-bond donors (Lipinski definition) is 2. The Hall–Kier alpha value is -5.19. The molecule has 284 valence electrons. The van der Waals surface area contributed by atoms with E-state index in [4.69, 9.17) is 17.3 Å². The molecule has 0 bridgehead atoms. The van der Waals surface area contributed by atoms with Crippen LogP contribution in [0, 0.1) is 34.6 Å². The van der Waals surface area contributed by atoms with E-state index in [1.54, 1.807) is 45.5 Å². The highest BCUT2D eigenvalue weighted by Crippen LogP contribution is 2.26. The van der Waals surface area contributed by atoms with Gasteiger partial charge in [0.25, 0.3) is 5.91 Å². The van der Waals surface area contributed by atoms with Crippen LogP contribution in [0.5, 0.6) is 0 Å². The summed E-state index contributed by atoms with van der Waals surface area (Å²) >= 11 is 7.53. The minimum absolute atomic E-state index is 0.0993. The van der Waals surface area contributed by atoms with Crippen LogP contribution in [-0.2, 0) is 22.4 Å². The van der Waals surface area contributed by atoms with Crippen molar-refractivity contribution in [3.8, 4) is 0 Å². The smallest absolute Gasteiger partial charge is 0.260 e. The van der Waals surface area contributed by atoms with Gasteiger partial charge in [-0.3, -0.25) is 14.6 Å². The van der Waals surface area contributed by atoms with Crippen LogP contribution in [-0.4, -0.2) is 40.0 Å². The molecule has 2 heterocycles. The van der Waals surface area contributed by atoms with Gasteiger partial charge in [-0.05, 0) is 104 Å². The lowest BCUT2D eigenvalue weighted by Crippen LogP contribution is -2.40. The standard InChI is InChI=1S/C23H23ClN2O2.C22H25N3OS/c1-16-8-11-21(14-17(16)2)26(13-12-20-10-9-19(24)15-25-20)23(28)22(27)18-6-4-3-5-7-18;1-15-9-10-19(13-16(15)2)25(12-11-20-24-17(3)14-27-20)22(26)21(23)18-7-5-4-6-8-18/h3-11,14-15,22,27H,12-13H2,1-2H3;4-10,13-14,21H,11-12,23H2,1-3H3/t22-;21-/m00/s1. The second kappa shape index (κ2) is 19.4. The summed E-state index contributed by atoms with van der Waals surface area (Å²) in [7, 11) is 0. The number of carbonyl (C=O) groups is 2. The van der Waals surface area contributed by atoms with Crippen LogP contribution in [0.3, 0.4) is 0 Å². The van der Waals surface area contributed by atoms with Crippen LogP contribution in [0.1, 0.15) is 61.9 Å². The van der Waals surface area contributed by atoms with Gasteiger partial charge in [0, 0.05) is 60.3 Å². The number of halogens is 1. The molecule has 0 aliphatic heterocycles. The number of aliphatic hydroxyl groups excluding tert-OH is 1. The van der Waals surface area contributed by atoms with Gasteiger partial charge in [0.1, 0.15) is 6.04 Å². The highest BCUT2D eigenvalue weighted by Gasteiger charge is 2.26. The lowest BCUT2D eigenvalue weighted by Gasteiger charge is -2.26. The molecule has 6 rings (SSSR count). The largest absolute Gasteiger partial charge is 0.378 e. The number of aryl methyl sites for hydroxylation is 5. The van der Waals surface area contributed by atoms with Crippen LogP contribution < -0.4 is 15.5 Å². The third-order valence-corrected chi connectivity index (χ3v) is 10.8. The fourth-order valence-electron chi connectivity index (χ4n) is 5.92. The molecule has 2 atom stereocenters. The Bertz CT molecular complexity index is 2180. The number of aliphatic hydroxyl groups is 1. The number of hydrogen-bond acceptors (Lipinski definition) is 7. The molecule has 3 N–H and O–H groups in total. The molecule has 6 aromatic rings. The van der Waals surface area contributed by atoms with Gasteiger partial charge in [-0.15, -0.1) is 11.3 Å². The summed E-state index contributed by atoms with van der Waals surface area (Å²) in [5, 5.41) is 14.3. The SMILES string of the molecule is Cc1ccc(N(CCc2ccc(Cl)cn2)C(=O)[C@@H](O)c2ccccc2)cc1C.Cc1csc(CCN(C(=O)[C@@H](N)c2ccccc2)c2ccc(C)c(C)c2)n1. The molecule has 0 radical (unpaired) electrons. The van der Waals surface area contributed by atoms with E-state index in [9.17, 15) is 14.7 Å². The van der Waals surface area contributed by atoms with E-state index >= 15 is 0 Å². The van der Waals surface area contributed by atoms with E-state index in [0.717, 1.165) is 50.0 Å². The predicted octanol–water partition coefficient (Wildman–Crippen LogP) is 9.01. The number of amides is 2. The highest BCUT2D eigenvalue weighted by molar-refractivity contribution is 7.09. The molecule has 0 spiro atoms. The first-order valence-corrected chi connectivity index (χ1v) is 19.5. The van der Waals surface area contributed by atoms with Crippen LogP contribution in [0.15, 0.2) is 121 Å². The number of thiazole rings is 1. The average Bonchev–Trinajstić information content (AvgIpc) is 3.63. The third-order valence-electron chi connectivity index (χ3n) is 9.51. The number of benzene rings is 4. The zero-order valence-electron chi connectivity index (χ0n) is 31.9. The van der Waals surface area contributed by atoms with Crippen LogP contribution >= 0.6 is 22.9 Å². The van der Waals surface area contributed by atoms with E-state index < -0.39 is 12.1 Å². The van der Waals surface area contributed by atoms with Gasteiger partial charge in [-0.25, -0.2) is 4.98 Å². The van der Waals surface area contributed by atoms with Gasteiger partial charge < -0.3 is 20.6 Å². The van der Waals surface area contributed by atoms with E-state index in [1.165, 1.54) is 5.56 Å². The van der Waals surface area contributed by atoms with E-state index in [2.05, 4.69) is 29.9 Å². The first-order valence-electron chi connectivity index (χ1n) is 18.2. The Kier molecular flexibility index (Phi) is 14.5. The Morgan fingerprint density at radius 3 is 1.76 bits per heavy atom. The Balaban J connectivity index is 0.000000211. The number of carbonyl (C=O) groups excluding carboxylic acids is 2. The molecule has 55 heavy (non-hydrogen) atoms. The van der Waals surface area contributed by atoms with Gasteiger partial charge in [0.05, 0.1) is 10.0 Å². The second-order valence-corrected chi connectivity index (χ2v) is 14.9. The molecule has 8 nitrogen and oxygen atoms in total. The summed E-state index contributed by atoms with van der Waals surface area (Å²) in [6.07, 6.45) is 1.63. The lowest BCUT2D eigenvalue weighted by molar-refractivity contribution is -0.127. The first-order chi connectivity index (χ1) is 26.4. The number of anilines is 2. The van der Waals surface area contributed by atoms with E-state index in [0.29, 0.717) is 36.5 Å². The maximum Gasteiger partial charge on any atom is 0.260 e. The average molecular weight is 774 g/mol. The summed E-state index contributed by atoms with van der Waals surface area (Å²) < 4.78 is 0. The predicted molar refractivity (Wildman–Crippen MR) is 225 cm³/mol. The van der Waals surface area contributed by atoms with Gasteiger partial charge in [0.15, 0.2) is 6.10 Å². The molecule has 10 heteroatoms. The Morgan fingerprint density at radius 1 is 0.709 bits per heavy atom. The maximum absolute atomic E-state index is 13.3. The van der Waals surface area contributed by atoms with Crippen molar-refractivity contribution >= 4 is 46.1 Å². The first kappa shape index (κ1) is 41.0. The summed E-state index contributed by atoms with van der Waals surface area (Å²) in [6.45, 7) is 11.1. The van der Waals surface area contributed by atoms with Crippen LogP contribution in [0.25, 0.3) is 0 Å². The maximum atomic E-state index is 13.3. The van der Waals surface area contributed by atoms with Crippen molar-refractivity contribution in [1.29, 1.82) is 0 Å². The second-order valence-electron chi connectivity index (χ2n) is 13.6. The summed E-state index contributed by atoms with van der Waals surface area (Å²) in [4.78, 5) is 38.6. The molecule has 2 amide bonds. The molecule has 0 saturated carbocycles. The minimum atomic E-state index is -1.22. The van der Waals surface area contributed by atoms with Crippen LogP contribution in [0.4, 0.5) is 11.4 Å². The number of nitrogens with zero attached hydrogens (tertiary/aromatic N) is 4.